The van der Waals surface area contributed by atoms with E-state index in [4.69, 9.17) is 4.74 Å². The Morgan fingerprint density at radius 2 is 1.92 bits per heavy atom. The van der Waals surface area contributed by atoms with Gasteiger partial charge in [-0.05, 0) is 68.5 Å². The summed E-state index contributed by atoms with van der Waals surface area (Å²) in [6, 6.07) is 12.2. The number of carbonyl (C=O) groups is 1. The van der Waals surface area contributed by atoms with Gasteiger partial charge in [-0.1, -0.05) is 24.3 Å². The fourth-order valence-electron chi connectivity index (χ4n) is 3.55. The van der Waals surface area contributed by atoms with Crippen LogP contribution in [0.5, 0.6) is 5.75 Å². The van der Waals surface area contributed by atoms with Gasteiger partial charge in [-0.2, -0.15) is 0 Å². The number of anilines is 1. The summed E-state index contributed by atoms with van der Waals surface area (Å²) in [5.41, 5.74) is 5.73. The molecule has 138 valence electrons. The lowest BCUT2D eigenvalue weighted by Gasteiger charge is -2.33. The van der Waals surface area contributed by atoms with E-state index in [0.717, 1.165) is 42.1 Å². The van der Waals surface area contributed by atoms with E-state index in [9.17, 15) is 4.79 Å². The number of hydrogen-bond acceptors (Lipinski definition) is 3. The van der Waals surface area contributed by atoms with Crippen molar-refractivity contribution >= 4 is 11.6 Å². The number of ether oxygens (including phenoxy) is 1. The molecule has 0 spiro atoms. The quantitative estimate of drug-likeness (QED) is 0.881. The van der Waals surface area contributed by atoms with Crippen LogP contribution in [0.25, 0.3) is 0 Å². The summed E-state index contributed by atoms with van der Waals surface area (Å²) in [5, 5.41) is 3.13. The van der Waals surface area contributed by atoms with Crippen LogP contribution in [0, 0.1) is 13.8 Å². The monoisotopic (exact) mass is 352 g/mol. The summed E-state index contributed by atoms with van der Waals surface area (Å²) < 4.78 is 5.62. The van der Waals surface area contributed by atoms with Crippen LogP contribution in [-0.4, -0.2) is 30.0 Å². The van der Waals surface area contributed by atoms with Gasteiger partial charge in [-0.15, -0.1) is 0 Å². The lowest BCUT2D eigenvalue weighted by Crippen LogP contribution is -2.44. The molecule has 0 aliphatic carbocycles. The summed E-state index contributed by atoms with van der Waals surface area (Å²) in [7, 11) is 0. The molecule has 1 aliphatic rings. The van der Waals surface area contributed by atoms with Crippen LogP contribution in [0.4, 0.5) is 5.69 Å². The Bertz CT molecular complexity index is 780. The Balaban J connectivity index is 1.71. The molecule has 1 amide bonds. The summed E-state index contributed by atoms with van der Waals surface area (Å²) in [4.78, 5) is 15.1. The Hall–Kier alpha value is -2.33. The van der Waals surface area contributed by atoms with Gasteiger partial charge in [0.2, 0.25) is 5.91 Å². The third-order valence-electron chi connectivity index (χ3n) is 5.19. The molecule has 4 heteroatoms. The maximum Gasteiger partial charge on any atom is 0.241 e. The SMILES string of the molecule is CCOc1ccc2c(c1)CN(C(C)C(=O)Nc1c(C)cccc1C)CC2. The number of hydrogen-bond donors (Lipinski definition) is 1. The molecule has 0 fully saturated rings. The summed E-state index contributed by atoms with van der Waals surface area (Å²) in [6.07, 6.45) is 0.961. The number of aryl methyl sites for hydroxylation is 2. The fourth-order valence-corrected chi connectivity index (χ4v) is 3.55. The summed E-state index contributed by atoms with van der Waals surface area (Å²) in [6.45, 7) is 10.4. The normalized spacial score (nSPS) is 15.2. The molecule has 1 heterocycles. The molecule has 4 nitrogen and oxygen atoms in total. The average Bonchev–Trinajstić information content (AvgIpc) is 2.63. The molecule has 1 atom stereocenters. The molecule has 2 aromatic carbocycles. The van der Waals surface area contributed by atoms with Gasteiger partial charge >= 0.3 is 0 Å². The van der Waals surface area contributed by atoms with Gasteiger partial charge in [-0.25, -0.2) is 0 Å². The van der Waals surface area contributed by atoms with Crippen LogP contribution in [0.3, 0.4) is 0 Å². The molecule has 0 aromatic heterocycles. The van der Waals surface area contributed by atoms with E-state index in [0.29, 0.717) is 6.61 Å². The number of rotatable bonds is 5. The van der Waals surface area contributed by atoms with E-state index in [-0.39, 0.29) is 11.9 Å². The predicted molar refractivity (Wildman–Crippen MR) is 106 cm³/mol. The Morgan fingerprint density at radius 3 is 2.62 bits per heavy atom. The second kappa shape index (κ2) is 7.92. The zero-order chi connectivity index (χ0) is 18.7. The van der Waals surface area contributed by atoms with Crippen molar-refractivity contribution in [3.05, 3.63) is 58.7 Å². The van der Waals surface area contributed by atoms with Crippen molar-refractivity contribution in [1.29, 1.82) is 0 Å². The molecule has 0 bridgehead atoms. The zero-order valence-corrected chi connectivity index (χ0v) is 16.1. The smallest absolute Gasteiger partial charge is 0.241 e. The van der Waals surface area contributed by atoms with Gasteiger partial charge in [0.05, 0.1) is 12.6 Å². The minimum atomic E-state index is -0.182. The van der Waals surface area contributed by atoms with Crippen molar-refractivity contribution in [2.24, 2.45) is 0 Å². The third kappa shape index (κ3) is 3.91. The van der Waals surface area contributed by atoms with Crippen molar-refractivity contribution < 1.29 is 9.53 Å². The van der Waals surface area contributed by atoms with Crippen LogP contribution in [0.2, 0.25) is 0 Å². The highest BCUT2D eigenvalue weighted by Crippen LogP contribution is 2.26. The average molecular weight is 352 g/mol. The Labute approximate surface area is 156 Å². The zero-order valence-electron chi connectivity index (χ0n) is 16.1. The van der Waals surface area contributed by atoms with Gasteiger partial charge in [0.15, 0.2) is 0 Å². The van der Waals surface area contributed by atoms with E-state index in [1.54, 1.807) is 0 Å². The van der Waals surface area contributed by atoms with Crippen LogP contribution >= 0.6 is 0 Å². The minimum Gasteiger partial charge on any atom is -0.494 e. The van der Waals surface area contributed by atoms with Crippen molar-refractivity contribution in [3.63, 3.8) is 0 Å². The van der Waals surface area contributed by atoms with Crippen molar-refractivity contribution in [2.45, 2.75) is 46.7 Å². The molecule has 0 saturated heterocycles. The number of fused-ring (bicyclic) bond motifs is 1. The van der Waals surface area contributed by atoms with Crippen molar-refractivity contribution in [1.82, 2.24) is 4.90 Å². The van der Waals surface area contributed by atoms with E-state index >= 15 is 0 Å². The van der Waals surface area contributed by atoms with E-state index in [1.165, 1.54) is 11.1 Å². The number of nitrogens with zero attached hydrogens (tertiary/aromatic N) is 1. The molecule has 1 unspecified atom stereocenters. The van der Waals surface area contributed by atoms with E-state index < -0.39 is 0 Å². The summed E-state index contributed by atoms with van der Waals surface area (Å²) in [5.74, 6) is 0.951. The maximum absolute atomic E-state index is 12.8. The number of para-hydroxylation sites is 1. The van der Waals surface area contributed by atoms with Crippen LogP contribution in [0.15, 0.2) is 36.4 Å². The van der Waals surface area contributed by atoms with Gasteiger partial charge in [0.1, 0.15) is 5.75 Å². The number of carbonyl (C=O) groups excluding carboxylic acids is 1. The molecule has 1 N–H and O–H groups in total. The fraction of sp³-hybridized carbons (Fsp3) is 0.409. The van der Waals surface area contributed by atoms with Crippen molar-refractivity contribution in [2.75, 3.05) is 18.5 Å². The first-order valence-electron chi connectivity index (χ1n) is 9.35. The highest BCUT2D eigenvalue weighted by Gasteiger charge is 2.26. The number of nitrogens with one attached hydrogen (secondary N) is 1. The van der Waals surface area contributed by atoms with Gasteiger partial charge < -0.3 is 10.1 Å². The van der Waals surface area contributed by atoms with Crippen LogP contribution in [-0.2, 0) is 17.8 Å². The first kappa shape index (κ1) is 18.5. The lowest BCUT2D eigenvalue weighted by atomic mass is 9.98. The second-order valence-electron chi connectivity index (χ2n) is 7.02. The minimum absolute atomic E-state index is 0.0480. The number of benzene rings is 2. The molecule has 3 rings (SSSR count). The third-order valence-corrected chi connectivity index (χ3v) is 5.19. The molecule has 26 heavy (non-hydrogen) atoms. The highest BCUT2D eigenvalue weighted by molar-refractivity contribution is 5.95. The van der Waals surface area contributed by atoms with E-state index in [1.807, 2.05) is 52.0 Å². The molecule has 0 saturated carbocycles. The van der Waals surface area contributed by atoms with Crippen LogP contribution in [0.1, 0.15) is 36.1 Å². The Kier molecular flexibility index (Phi) is 5.62. The van der Waals surface area contributed by atoms with Gasteiger partial charge in [-0.3, -0.25) is 9.69 Å². The van der Waals surface area contributed by atoms with E-state index in [2.05, 4.69) is 22.3 Å². The maximum atomic E-state index is 12.8. The lowest BCUT2D eigenvalue weighted by molar-refractivity contribution is -0.121. The molecule has 2 aromatic rings. The first-order valence-corrected chi connectivity index (χ1v) is 9.35. The highest BCUT2D eigenvalue weighted by atomic mass is 16.5. The molecule has 1 aliphatic heterocycles. The van der Waals surface area contributed by atoms with Crippen molar-refractivity contribution in [3.8, 4) is 5.75 Å². The molecular weight excluding hydrogens is 324 g/mol. The molecular formula is C22H28N2O2. The van der Waals surface area contributed by atoms with Gasteiger partial charge in [0.25, 0.3) is 0 Å². The van der Waals surface area contributed by atoms with Gasteiger partial charge in [0, 0.05) is 18.8 Å². The van der Waals surface area contributed by atoms with Crippen LogP contribution < -0.4 is 10.1 Å². The largest absolute Gasteiger partial charge is 0.494 e. The predicted octanol–water partition coefficient (Wildman–Crippen LogP) is 4.09. The first-order chi connectivity index (χ1) is 12.5. The standard InChI is InChI=1S/C22H28N2O2/c1-5-26-20-10-9-18-11-12-24(14-19(18)13-20)17(4)22(25)23-21-15(2)7-6-8-16(21)3/h6-10,13,17H,5,11-12,14H2,1-4H3,(H,23,25). The topological polar surface area (TPSA) is 41.6 Å². The number of amides is 1. The summed E-state index contributed by atoms with van der Waals surface area (Å²) >= 11 is 0. The molecule has 0 radical (unpaired) electrons. The Morgan fingerprint density at radius 1 is 1.19 bits per heavy atom. The second-order valence-corrected chi connectivity index (χ2v) is 7.02.